The number of fused-ring (bicyclic) bond motifs is 1. The normalized spacial score (nSPS) is 10.9. The maximum absolute atomic E-state index is 13.2. The van der Waals surface area contributed by atoms with Gasteiger partial charge in [-0.2, -0.15) is 0 Å². The highest BCUT2D eigenvalue weighted by Gasteiger charge is 2.13. The number of hydrogen-bond acceptors (Lipinski definition) is 5. The van der Waals surface area contributed by atoms with Gasteiger partial charge < -0.3 is 5.32 Å². The highest BCUT2D eigenvalue weighted by Crippen LogP contribution is 2.18. The Morgan fingerprint density at radius 2 is 2.08 bits per heavy atom. The Balaban J connectivity index is 1.77. The molecule has 6 nitrogen and oxygen atoms in total. The minimum atomic E-state index is -1.04. The fraction of sp³-hybridized carbons (Fsp3) is 0.176. The lowest BCUT2D eigenvalue weighted by Gasteiger charge is -2.11. The summed E-state index contributed by atoms with van der Waals surface area (Å²) in [5, 5.41) is 3.24. The van der Waals surface area contributed by atoms with Gasteiger partial charge in [-0.05, 0) is 31.2 Å². The van der Waals surface area contributed by atoms with Gasteiger partial charge in [0.25, 0.3) is 5.56 Å². The van der Waals surface area contributed by atoms with Gasteiger partial charge in [-0.3, -0.25) is 14.2 Å². The number of anilines is 1. The van der Waals surface area contributed by atoms with E-state index in [1.165, 1.54) is 16.8 Å². The Kier molecular flexibility index (Phi) is 5.27. The van der Waals surface area contributed by atoms with E-state index in [4.69, 9.17) is 0 Å². The van der Waals surface area contributed by atoms with Crippen molar-refractivity contribution in [2.75, 3.05) is 11.1 Å². The van der Waals surface area contributed by atoms with Crippen LogP contribution in [-0.2, 0) is 11.3 Å². The minimum Gasteiger partial charge on any atom is -0.325 e. The van der Waals surface area contributed by atoms with Gasteiger partial charge in [0.15, 0.2) is 22.4 Å². The third kappa shape index (κ3) is 3.72. The molecule has 26 heavy (non-hydrogen) atoms. The Bertz CT molecular complexity index is 1040. The summed E-state index contributed by atoms with van der Waals surface area (Å²) in [6.07, 6.45) is 1.54. The van der Waals surface area contributed by atoms with E-state index in [0.717, 1.165) is 23.9 Å². The molecule has 0 bridgehead atoms. The van der Waals surface area contributed by atoms with E-state index in [9.17, 15) is 18.4 Å². The maximum atomic E-state index is 13.2. The first-order chi connectivity index (χ1) is 12.5. The Labute approximate surface area is 151 Å². The van der Waals surface area contributed by atoms with Crippen LogP contribution in [0.5, 0.6) is 0 Å². The van der Waals surface area contributed by atoms with E-state index in [-0.39, 0.29) is 17.0 Å². The van der Waals surface area contributed by atoms with Crippen LogP contribution in [-0.4, -0.2) is 26.2 Å². The first kappa shape index (κ1) is 18.0. The summed E-state index contributed by atoms with van der Waals surface area (Å²) >= 11 is 1.07. The van der Waals surface area contributed by atoms with Gasteiger partial charge in [0.05, 0.1) is 11.1 Å². The molecule has 1 N–H and O–H groups in total. The zero-order valence-electron chi connectivity index (χ0n) is 13.7. The molecule has 3 rings (SSSR count). The van der Waals surface area contributed by atoms with E-state index in [0.29, 0.717) is 22.7 Å². The van der Waals surface area contributed by atoms with Crippen LogP contribution < -0.4 is 10.9 Å². The number of nitrogens with one attached hydrogen (secondary N) is 1. The minimum absolute atomic E-state index is 0.0518. The average molecular weight is 376 g/mol. The summed E-state index contributed by atoms with van der Waals surface area (Å²) in [5.74, 6) is -2.52. The first-order valence-corrected chi connectivity index (χ1v) is 8.71. The van der Waals surface area contributed by atoms with Crippen molar-refractivity contribution in [2.24, 2.45) is 0 Å². The predicted octanol–water partition coefficient (Wildman–Crippen LogP) is 2.82. The molecule has 0 atom stereocenters. The average Bonchev–Trinajstić information content (AvgIpc) is 2.63. The third-order valence-corrected chi connectivity index (χ3v) is 4.52. The number of aromatic nitrogens is 3. The fourth-order valence-electron chi connectivity index (χ4n) is 2.33. The molecule has 0 aliphatic heterocycles. The largest absolute Gasteiger partial charge is 0.325 e. The van der Waals surface area contributed by atoms with Crippen molar-refractivity contribution in [1.29, 1.82) is 0 Å². The van der Waals surface area contributed by atoms with Crippen LogP contribution in [0, 0.1) is 11.6 Å². The number of hydrogen-bond donors (Lipinski definition) is 1. The van der Waals surface area contributed by atoms with E-state index in [1.807, 2.05) is 0 Å². The zero-order chi connectivity index (χ0) is 18.7. The molecule has 0 aliphatic rings. The summed E-state index contributed by atoms with van der Waals surface area (Å²) in [5.41, 5.74) is 0.232. The molecule has 3 aromatic rings. The summed E-state index contributed by atoms with van der Waals surface area (Å²) in [6.45, 7) is 2.19. The molecule has 2 heterocycles. The molecule has 0 saturated heterocycles. The first-order valence-electron chi connectivity index (χ1n) is 7.73. The molecule has 0 radical (unpaired) electrons. The Morgan fingerprint density at radius 3 is 2.81 bits per heavy atom. The van der Waals surface area contributed by atoms with Crippen molar-refractivity contribution in [1.82, 2.24) is 14.5 Å². The Morgan fingerprint density at radius 1 is 1.27 bits per heavy atom. The molecule has 0 aliphatic carbocycles. The number of amides is 1. The molecule has 134 valence electrons. The zero-order valence-corrected chi connectivity index (χ0v) is 14.5. The molecule has 0 fully saturated rings. The van der Waals surface area contributed by atoms with Gasteiger partial charge >= 0.3 is 0 Å². The molecular formula is C17H14F2N4O2S. The van der Waals surface area contributed by atoms with Crippen molar-refractivity contribution >= 4 is 34.4 Å². The number of rotatable bonds is 5. The van der Waals surface area contributed by atoms with Crippen LogP contribution >= 0.6 is 11.8 Å². The number of benzene rings is 1. The van der Waals surface area contributed by atoms with Gasteiger partial charge in [-0.15, -0.1) is 0 Å². The SMILES string of the molecule is CCn1c(SCC(=O)Nc2ccc(F)c(F)c2)nc2ncccc2c1=O. The maximum Gasteiger partial charge on any atom is 0.263 e. The predicted molar refractivity (Wildman–Crippen MR) is 95.2 cm³/mol. The van der Waals surface area contributed by atoms with Crippen LogP contribution in [0.15, 0.2) is 46.5 Å². The number of nitrogens with zero attached hydrogens (tertiary/aromatic N) is 3. The van der Waals surface area contributed by atoms with Gasteiger partial charge in [-0.25, -0.2) is 18.7 Å². The van der Waals surface area contributed by atoms with Crippen molar-refractivity contribution in [3.05, 3.63) is 58.5 Å². The van der Waals surface area contributed by atoms with Gasteiger partial charge in [0, 0.05) is 24.5 Å². The molecule has 0 spiro atoms. The van der Waals surface area contributed by atoms with Crippen LogP contribution in [0.3, 0.4) is 0 Å². The molecule has 1 amide bonds. The highest BCUT2D eigenvalue weighted by atomic mass is 32.2. The molecule has 9 heteroatoms. The quantitative estimate of drug-likeness (QED) is 0.547. The van der Waals surface area contributed by atoms with E-state index in [1.54, 1.807) is 19.1 Å². The van der Waals surface area contributed by atoms with Crippen LogP contribution in [0.1, 0.15) is 6.92 Å². The number of halogens is 2. The number of pyridine rings is 1. The third-order valence-electron chi connectivity index (χ3n) is 3.55. The molecular weight excluding hydrogens is 362 g/mol. The summed E-state index contributed by atoms with van der Waals surface area (Å²) in [7, 11) is 0. The second kappa shape index (κ2) is 7.61. The van der Waals surface area contributed by atoms with Crippen LogP contribution in [0.4, 0.5) is 14.5 Å². The van der Waals surface area contributed by atoms with Crippen molar-refractivity contribution in [3.8, 4) is 0 Å². The number of carbonyl (C=O) groups is 1. The van der Waals surface area contributed by atoms with E-state index in [2.05, 4.69) is 15.3 Å². The van der Waals surface area contributed by atoms with Gasteiger partial charge in [0.1, 0.15) is 0 Å². The number of thioether (sulfide) groups is 1. The van der Waals surface area contributed by atoms with Gasteiger partial charge in [0.2, 0.25) is 5.91 Å². The van der Waals surface area contributed by atoms with E-state index < -0.39 is 17.5 Å². The molecule has 0 saturated carbocycles. The lowest BCUT2D eigenvalue weighted by atomic mass is 10.3. The molecule has 1 aromatic carbocycles. The van der Waals surface area contributed by atoms with Gasteiger partial charge in [-0.1, -0.05) is 11.8 Å². The molecule has 0 unspecified atom stereocenters. The summed E-state index contributed by atoms with van der Waals surface area (Å²) < 4.78 is 27.6. The summed E-state index contributed by atoms with van der Waals surface area (Å²) in [4.78, 5) is 32.9. The number of carbonyl (C=O) groups excluding carboxylic acids is 1. The van der Waals surface area contributed by atoms with E-state index >= 15 is 0 Å². The molecule has 2 aromatic heterocycles. The second-order valence-electron chi connectivity index (χ2n) is 5.28. The topological polar surface area (TPSA) is 76.9 Å². The lowest BCUT2D eigenvalue weighted by Crippen LogP contribution is -2.23. The smallest absolute Gasteiger partial charge is 0.263 e. The monoisotopic (exact) mass is 376 g/mol. The van der Waals surface area contributed by atoms with Crippen molar-refractivity contribution in [3.63, 3.8) is 0 Å². The van der Waals surface area contributed by atoms with Crippen molar-refractivity contribution < 1.29 is 13.6 Å². The van der Waals surface area contributed by atoms with Crippen molar-refractivity contribution in [2.45, 2.75) is 18.6 Å². The highest BCUT2D eigenvalue weighted by molar-refractivity contribution is 7.99. The summed E-state index contributed by atoms with van der Waals surface area (Å²) in [6, 6.07) is 6.41. The standard InChI is InChI=1S/C17H14F2N4O2S/c1-2-23-16(25)11-4-3-7-20-15(11)22-17(23)26-9-14(24)21-10-5-6-12(18)13(19)8-10/h3-8H,2,9H2,1H3,(H,21,24). The second-order valence-corrected chi connectivity index (χ2v) is 6.23. The lowest BCUT2D eigenvalue weighted by molar-refractivity contribution is -0.113. The fourth-order valence-corrected chi connectivity index (χ4v) is 3.18. The Hall–Kier alpha value is -2.81. The van der Waals surface area contributed by atoms with Crippen LogP contribution in [0.2, 0.25) is 0 Å². The van der Waals surface area contributed by atoms with Crippen LogP contribution in [0.25, 0.3) is 11.0 Å².